The SMILES string of the molecule is Cc1ccc(N2CCCC2CCN)cc1Br. The molecule has 0 saturated carbocycles. The van der Waals surface area contributed by atoms with Crippen molar-refractivity contribution >= 4 is 21.6 Å². The van der Waals surface area contributed by atoms with Gasteiger partial charge < -0.3 is 10.6 Å². The first-order valence-electron chi connectivity index (χ1n) is 5.95. The second-order valence-electron chi connectivity index (χ2n) is 4.50. The summed E-state index contributed by atoms with van der Waals surface area (Å²) in [6.45, 7) is 4.07. The Balaban J connectivity index is 2.19. The van der Waals surface area contributed by atoms with Gasteiger partial charge in [-0.05, 0) is 50.4 Å². The van der Waals surface area contributed by atoms with Crippen molar-refractivity contribution in [3.05, 3.63) is 28.2 Å². The fraction of sp³-hybridized carbons (Fsp3) is 0.538. The van der Waals surface area contributed by atoms with E-state index in [1.807, 2.05) is 0 Å². The minimum Gasteiger partial charge on any atom is -0.368 e. The molecule has 0 spiro atoms. The zero-order chi connectivity index (χ0) is 11.5. The molecule has 88 valence electrons. The Kier molecular flexibility index (Phi) is 3.87. The van der Waals surface area contributed by atoms with Crippen molar-refractivity contribution in [1.29, 1.82) is 0 Å². The molecular weight excluding hydrogens is 264 g/mol. The second-order valence-corrected chi connectivity index (χ2v) is 5.35. The molecule has 1 aromatic carbocycles. The van der Waals surface area contributed by atoms with Crippen LogP contribution in [0.2, 0.25) is 0 Å². The first-order chi connectivity index (χ1) is 7.72. The highest BCUT2D eigenvalue weighted by Gasteiger charge is 2.23. The Morgan fingerprint density at radius 3 is 3.00 bits per heavy atom. The first kappa shape index (κ1) is 11.9. The van der Waals surface area contributed by atoms with Gasteiger partial charge in [0.05, 0.1) is 0 Å². The van der Waals surface area contributed by atoms with E-state index in [0.29, 0.717) is 6.04 Å². The summed E-state index contributed by atoms with van der Waals surface area (Å²) >= 11 is 3.60. The van der Waals surface area contributed by atoms with Crippen LogP contribution in [-0.4, -0.2) is 19.1 Å². The van der Waals surface area contributed by atoms with Gasteiger partial charge in [-0.2, -0.15) is 0 Å². The molecule has 3 heteroatoms. The molecule has 1 aromatic rings. The number of nitrogens with zero attached hydrogens (tertiary/aromatic N) is 1. The topological polar surface area (TPSA) is 29.3 Å². The molecule has 2 rings (SSSR count). The van der Waals surface area contributed by atoms with Gasteiger partial charge in [-0.25, -0.2) is 0 Å². The molecule has 0 radical (unpaired) electrons. The van der Waals surface area contributed by atoms with Crippen molar-refractivity contribution in [3.8, 4) is 0 Å². The number of aryl methyl sites for hydroxylation is 1. The fourth-order valence-corrected chi connectivity index (χ4v) is 2.80. The first-order valence-corrected chi connectivity index (χ1v) is 6.74. The molecule has 16 heavy (non-hydrogen) atoms. The number of benzene rings is 1. The zero-order valence-corrected chi connectivity index (χ0v) is 11.3. The Hall–Kier alpha value is -0.540. The van der Waals surface area contributed by atoms with Crippen LogP contribution in [0.5, 0.6) is 0 Å². The summed E-state index contributed by atoms with van der Waals surface area (Å²) in [6.07, 6.45) is 3.67. The van der Waals surface area contributed by atoms with Gasteiger partial charge in [0.2, 0.25) is 0 Å². The summed E-state index contributed by atoms with van der Waals surface area (Å²) in [5.74, 6) is 0. The monoisotopic (exact) mass is 282 g/mol. The number of anilines is 1. The molecule has 1 fully saturated rings. The van der Waals surface area contributed by atoms with Gasteiger partial charge in [-0.1, -0.05) is 22.0 Å². The van der Waals surface area contributed by atoms with E-state index in [4.69, 9.17) is 5.73 Å². The summed E-state index contributed by atoms with van der Waals surface area (Å²) in [4.78, 5) is 2.50. The van der Waals surface area contributed by atoms with Crippen LogP contribution in [0.15, 0.2) is 22.7 Å². The van der Waals surface area contributed by atoms with Gasteiger partial charge in [0.25, 0.3) is 0 Å². The number of hydrogen-bond donors (Lipinski definition) is 1. The molecule has 2 nitrogen and oxygen atoms in total. The second kappa shape index (κ2) is 5.19. The van der Waals surface area contributed by atoms with E-state index >= 15 is 0 Å². The van der Waals surface area contributed by atoms with Crippen LogP contribution in [-0.2, 0) is 0 Å². The molecule has 1 aliphatic rings. The van der Waals surface area contributed by atoms with Crippen LogP contribution in [0.4, 0.5) is 5.69 Å². The molecule has 0 aromatic heterocycles. The molecule has 0 aliphatic carbocycles. The molecule has 1 heterocycles. The van der Waals surface area contributed by atoms with Crippen LogP contribution in [0.25, 0.3) is 0 Å². The van der Waals surface area contributed by atoms with Gasteiger partial charge in [0.1, 0.15) is 0 Å². The molecular formula is C13H19BrN2. The average molecular weight is 283 g/mol. The van der Waals surface area contributed by atoms with Crippen molar-refractivity contribution in [2.45, 2.75) is 32.2 Å². The highest BCUT2D eigenvalue weighted by molar-refractivity contribution is 9.10. The largest absolute Gasteiger partial charge is 0.368 e. The molecule has 1 saturated heterocycles. The van der Waals surface area contributed by atoms with E-state index in [-0.39, 0.29) is 0 Å². The molecule has 1 atom stereocenters. The van der Waals surface area contributed by atoms with Crippen molar-refractivity contribution in [2.24, 2.45) is 5.73 Å². The van der Waals surface area contributed by atoms with Gasteiger partial charge in [-0.15, -0.1) is 0 Å². The van der Waals surface area contributed by atoms with E-state index in [1.54, 1.807) is 0 Å². The lowest BCUT2D eigenvalue weighted by atomic mass is 10.1. The Morgan fingerprint density at radius 2 is 2.31 bits per heavy atom. The van der Waals surface area contributed by atoms with Crippen molar-refractivity contribution in [3.63, 3.8) is 0 Å². The zero-order valence-electron chi connectivity index (χ0n) is 9.75. The predicted molar refractivity (Wildman–Crippen MR) is 72.9 cm³/mol. The average Bonchev–Trinajstić information content (AvgIpc) is 2.71. The summed E-state index contributed by atoms with van der Waals surface area (Å²) in [6, 6.07) is 7.26. The lowest BCUT2D eigenvalue weighted by molar-refractivity contribution is 0.618. The maximum absolute atomic E-state index is 5.67. The van der Waals surface area contributed by atoms with Gasteiger partial charge in [-0.3, -0.25) is 0 Å². The van der Waals surface area contributed by atoms with Crippen LogP contribution in [0.3, 0.4) is 0 Å². The Labute approximate surface area is 106 Å². The normalized spacial score (nSPS) is 20.4. The van der Waals surface area contributed by atoms with Gasteiger partial charge in [0, 0.05) is 22.7 Å². The van der Waals surface area contributed by atoms with Gasteiger partial charge in [0.15, 0.2) is 0 Å². The van der Waals surface area contributed by atoms with Crippen molar-refractivity contribution < 1.29 is 0 Å². The lowest BCUT2D eigenvalue weighted by Crippen LogP contribution is -2.31. The smallest absolute Gasteiger partial charge is 0.0380 e. The minimum absolute atomic E-state index is 0.639. The number of rotatable bonds is 3. The highest BCUT2D eigenvalue weighted by atomic mass is 79.9. The fourth-order valence-electron chi connectivity index (χ4n) is 2.43. The molecule has 1 unspecified atom stereocenters. The van der Waals surface area contributed by atoms with E-state index in [9.17, 15) is 0 Å². The Bertz CT molecular complexity index is 365. The van der Waals surface area contributed by atoms with Crippen LogP contribution < -0.4 is 10.6 Å². The molecule has 2 N–H and O–H groups in total. The van der Waals surface area contributed by atoms with Crippen LogP contribution in [0, 0.1) is 6.92 Å². The third-order valence-corrected chi connectivity index (χ3v) is 4.22. The van der Waals surface area contributed by atoms with E-state index < -0.39 is 0 Å². The third-order valence-electron chi connectivity index (χ3n) is 3.36. The van der Waals surface area contributed by atoms with E-state index in [1.165, 1.54) is 35.1 Å². The quantitative estimate of drug-likeness (QED) is 0.923. The summed E-state index contributed by atoms with van der Waals surface area (Å²) in [7, 11) is 0. The maximum atomic E-state index is 5.67. The van der Waals surface area contributed by atoms with E-state index in [2.05, 4.69) is 46.0 Å². The van der Waals surface area contributed by atoms with E-state index in [0.717, 1.165) is 13.0 Å². The van der Waals surface area contributed by atoms with Crippen LogP contribution in [0.1, 0.15) is 24.8 Å². The predicted octanol–water partition coefficient (Wildman–Crippen LogP) is 3.08. The summed E-state index contributed by atoms with van der Waals surface area (Å²) < 4.78 is 1.20. The van der Waals surface area contributed by atoms with Gasteiger partial charge >= 0.3 is 0 Å². The molecule has 0 amide bonds. The number of halogens is 1. The standard InChI is InChI=1S/C13H19BrN2/c1-10-4-5-12(9-13(10)14)16-8-2-3-11(16)6-7-15/h4-5,9,11H,2-3,6-8,15H2,1H3. The number of nitrogens with two attached hydrogens (primary N) is 1. The van der Waals surface area contributed by atoms with Crippen molar-refractivity contribution in [2.75, 3.05) is 18.0 Å². The molecule has 1 aliphatic heterocycles. The van der Waals surface area contributed by atoms with Crippen LogP contribution >= 0.6 is 15.9 Å². The summed E-state index contributed by atoms with van der Waals surface area (Å²) in [5.41, 5.74) is 8.28. The van der Waals surface area contributed by atoms with Crippen molar-refractivity contribution in [1.82, 2.24) is 0 Å². The minimum atomic E-state index is 0.639. The highest BCUT2D eigenvalue weighted by Crippen LogP contribution is 2.30. The summed E-state index contributed by atoms with van der Waals surface area (Å²) in [5, 5.41) is 0. The molecule has 0 bridgehead atoms. The maximum Gasteiger partial charge on any atom is 0.0380 e. The number of hydrogen-bond acceptors (Lipinski definition) is 2. The third kappa shape index (κ3) is 2.41. The Morgan fingerprint density at radius 1 is 1.50 bits per heavy atom. The lowest BCUT2D eigenvalue weighted by Gasteiger charge is -2.27.